The first kappa shape index (κ1) is 38.1. The molecule has 0 saturated carbocycles. The quantitative estimate of drug-likeness (QED) is 0.202. The number of hydrogen-bond donors (Lipinski definition) is 1. The van der Waals surface area contributed by atoms with Gasteiger partial charge in [-0.15, -0.1) is 0 Å². The van der Waals surface area contributed by atoms with Crippen molar-refractivity contribution in [2.75, 3.05) is 49.7 Å². The van der Waals surface area contributed by atoms with Gasteiger partial charge in [0.2, 0.25) is 0 Å². The molecule has 3 aromatic rings. The Balaban J connectivity index is 0.000000446. The zero-order chi connectivity index (χ0) is 33.9. The lowest BCUT2D eigenvalue weighted by Gasteiger charge is -2.22. The Morgan fingerprint density at radius 3 is 2.33 bits per heavy atom. The smallest absolute Gasteiger partial charge is 0.262 e. The van der Waals surface area contributed by atoms with Crippen molar-refractivity contribution in [1.82, 2.24) is 10.3 Å². The van der Waals surface area contributed by atoms with E-state index in [1.54, 1.807) is 23.4 Å². The van der Waals surface area contributed by atoms with Crippen LogP contribution in [0.15, 0.2) is 96.9 Å². The second-order valence-corrected chi connectivity index (χ2v) is 10.9. The Hall–Kier alpha value is -4.11. The van der Waals surface area contributed by atoms with Gasteiger partial charge in [-0.05, 0) is 87.8 Å². The molecule has 246 valence electrons. The van der Waals surface area contributed by atoms with Crippen LogP contribution in [0, 0.1) is 0 Å². The predicted molar refractivity (Wildman–Crippen MR) is 191 cm³/mol. The standard InChI is InChI=1S/C25H25ClN4O2.C5H7Cl.C5H10O.CH2O/c1-27-20-10-11-29(16-20)24-9-7-21(15-28-24)30-12-13-32-23-14-18(4-8-22(23)25(30)31)17-2-5-19(26)6-3-17;1-3-4-5(2)6;1-3-5-6-4-2;1-2/h2-9,14-15,20,27H,10-13,16H2,1H3;3-4H,2H2,1H3;3,5H,4H2,1-2H3;1H2/b;4-3-;5-3+;. The van der Waals surface area contributed by atoms with Gasteiger partial charge < -0.3 is 29.4 Å². The average Bonchev–Trinajstić information content (AvgIpc) is 3.50. The highest BCUT2D eigenvalue weighted by Crippen LogP contribution is 2.32. The summed E-state index contributed by atoms with van der Waals surface area (Å²) in [5, 5.41) is 4.60. The minimum Gasteiger partial charge on any atom is -0.502 e. The summed E-state index contributed by atoms with van der Waals surface area (Å²) in [6.45, 7) is 14.8. The number of anilines is 2. The number of ether oxygens (including phenoxy) is 2. The van der Waals surface area contributed by atoms with E-state index >= 15 is 0 Å². The van der Waals surface area contributed by atoms with E-state index in [-0.39, 0.29) is 5.91 Å². The molecule has 10 heteroatoms. The van der Waals surface area contributed by atoms with Crippen LogP contribution in [0.2, 0.25) is 5.02 Å². The van der Waals surface area contributed by atoms with Crippen molar-refractivity contribution >= 4 is 47.4 Å². The van der Waals surface area contributed by atoms with Gasteiger partial charge in [0.15, 0.2) is 0 Å². The second-order valence-electron chi connectivity index (χ2n) is 9.99. The Kier molecular flexibility index (Phi) is 17.2. The molecule has 46 heavy (non-hydrogen) atoms. The Labute approximate surface area is 283 Å². The molecular weight excluding hydrogens is 623 g/mol. The lowest BCUT2D eigenvalue weighted by atomic mass is 10.0. The van der Waals surface area contributed by atoms with E-state index in [0.717, 1.165) is 48.7 Å². The minimum atomic E-state index is -0.0777. The Morgan fingerprint density at radius 2 is 1.80 bits per heavy atom. The molecule has 0 spiro atoms. The molecule has 1 amide bonds. The number of nitrogens with one attached hydrogen (secondary N) is 1. The lowest BCUT2D eigenvalue weighted by Crippen LogP contribution is -2.32. The third kappa shape index (κ3) is 11.7. The molecule has 1 atom stereocenters. The summed E-state index contributed by atoms with van der Waals surface area (Å²) in [5.74, 6) is 1.47. The van der Waals surface area contributed by atoms with E-state index in [9.17, 15) is 4.79 Å². The maximum atomic E-state index is 13.3. The van der Waals surface area contributed by atoms with Crippen molar-refractivity contribution in [1.29, 1.82) is 0 Å². The molecule has 1 aromatic heterocycles. The van der Waals surface area contributed by atoms with Crippen LogP contribution in [0.4, 0.5) is 11.5 Å². The predicted octanol–water partition coefficient (Wildman–Crippen LogP) is 7.93. The van der Waals surface area contributed by atoms with E-state index in [1.807, 2.05) is 101 Å². The monoisotopic (exact) mass is 666 g/mol. The van der Waals surface area contributed by atoms with Gasteiger partial charge in [-0.3, -0.25) is 4.79 Å². The highest BCUT2D eigenvalue weighted by atomic mass is 35.5. The number of likely N-dealkylation sites (N-methyl/N-ethyl adjacent to an activating group) is 1. The van der Waals surface area contributed by atoms with Crippen LogP contribution in [0.25, 0.3) is 11.1 Å². The summed E-state index contributed by atoms with van der Waals surface area (Å²) in [6.07, 6.45) is 10.0. The van der Waals surface area contributed by atoms with Crippen molar-refractivity contribution in [3.8, 4) is 16.9 Å². The SMILES string of the molecule is C/C=C/OCC.C=C(Cl)/C=C\C.C=O.CNC1CCN(c2ccc(N3CCOc4cc(-c5ccc(Cl)cc5)ccc4C3=O)cn2)C1. The summed E-state index contributed by atoms with van der Waals surface area (Å²) in [4.78, 5) is 30.0. The van der Waals surface area contributed by atoms with Gasteiger partial charge in [0, 0.05) is 29.2 Å². The number of carbonyl (C=O) groups is 2. The van der Waals surface area contributed by atoms with Crippen LogP contribution < -0.4 is 19.9 Å². The van der Waals surface area contributed by atoms with Gasteiger partial charge >= 0.3 is 0 Å². The van der Waals surface area contributed by atoms with Gasteiger partial charge in [0.05, 0.1) is 36.9 Å². The Bertz CT molecular complexity index is 1430. The van der Waals surface area contributed by atoms with Crippen LogP contribution in [0.3, 0.4) is 0 Å². The van der Waals surface area contributed by atoms with Crippen LogP contribution in [0.5, 0.6) is 5.75 Å². The van der Waals surface area contributed by atoms with Gasteiger partial charge in [0.25, 0.3) is 5.91 Å². The number of carbonyl (C=O) groups excluding carboxylic acids is 2. The summed E-state index contributed by atoms with van der Waals surface area (Å²) in [7, 11) is 1.99. The number of benzene rings is 2. The fourth-order valence-electron chi connectivity index (χ4n) is 4.68. The van der Waals surface area contributed by atoms with Crippen LogP contribution in [-0.2, 0) is 9.53 Å². The summed E-state index contributed by atoms with van der Waals surface area (Å²) >= 11 is 11.3. The zero-order valence-electron chi connectivity index (χ0n) is 27.0. The van der Waals surface area contributed by atoms with Gasteiger partial charge in [-0.1, -0.05) is 60.1 Å². The Morgan fingerprint density at radius 1 is 1.09 bits per heavy atom. The van der Waals surface area contributed by atoms with E-state index < -0.39 is 0 Å². The molecular formula is C36H44Cl2N4O4. The third-order valence-electron chi connectivity index (χ3n) is 6.92. The van der Waals surface area contributed by atoms with E-state index in [1.165, 1.54) is 0 Å². The first-order chi connectivity index (χ1) is 22.3. The molecule has 0 radical (unpaired) electrons. The molecule has 3 heterocycles. The largest absolute Gasteiger partial charge is 0.502 e. The fraction of sp³-hybridized carbons (Fsp3) is 0.306. The molecule has 1 unspecified atom stereocenters. The second kappa shape index (κ2) is 20.8. The van der Waals surface area contributed by atoms with Crippen LogP contribution >= 0.6 is 23.2 Å². The number of hydrogen-bond acceptors (Lipinski definition) is 7. The molecule has 1 N–H and O–H groups in total. The summed E-state index contributed by atoms with van der Waals surface area (Å²) in [6, 6.07) is 17.8. The topological polar surface area (TPSA) is 84.0 Å². The normalized spacial score (nSPS) is 15.3. The maximum Gasteiger partial charge on any atom is 0.262 e. The molecule has 5 rings (SSSR count). The van der Waals surface area contributed by atoms with E-state index in [4.69, 9.17) is 37.5 Å². The van der Waals surface area contributed by atoms with Crippen molar-refractivity contribution in [3.05, 3.63) is 107 Å². The highest BCUT2D eigenvalue weighted by molar-refractivity contribution is 6.31. The number of amides is 1. The molecule has 1 fully saturated rings. The molecule has 1 saturated heterocycles. The summed E-state index contributed by atoms with van der Waals surface area (Å²) < 4.78 is 10.8. The third-order valence-corrected chi connectivity index (χ3v) is 7.30. The zero-order valence-corrected chi connectivity index (χ0v) is 28.6. The number of pyridine rings is 1. The molecule has 2 aliphatic heterocycles. The van der Waals surface area contributed by atoms with Crippen molar-refractivity contribution in [2.45, 2.75) is 33.2 Å². The first-order valence-electron chi connectivity index (χ1n) is 15.0. The average molecular weight is 668 g/mol. The summed E-state index contributed by atoms with van der Waals surface area (Å²) in [5.41, 5.74) is 3.34. The van der Waals surface area contributed by atoms with E-state index in [0.29, 0.717) is 40.6 Å². The molecule has 2 aliphatic rings. The highest BCUT2D eigenvalue weighted by Gasteiger charge is 2.26. The number of nitrogens with zero attached hydrogens (tertiary/aromatic N) is 3. The number of fused-ring (bicyclic) bond motifs is 1. The molecule has 8 nitrogen and oxygen atoms in total. The number of aromatic nitrogens is 1. The van der Waals surface area contributed by atoms with E-state index in [2.05, 4.69) is 21.8 Å². The van der Waals surface area contributed by atoms with Gasteiger partial charge in [-0.2, -0.15) is 0 Å². The molecule has 2 aromatic carbocycles. The number of allylic oxidation sites excluding steroid dienone is 4. The molecule has 0 aliphatic carbocycles. The first-order valence-corrected chi connectivity index (χ1v) is 15.8. The van der Waals surface area contributed by atoms with Crippen molar-refractivity contribution in [2.24, 2.45) is 0 Å². The van der Waals surface area contributed by atoms with Gasteiger partial charge in [0.1, 0.15) is 25.0 Å². The maximum absolute atomic E-state index is 13.3. The van der Waals surface area contributed by atoms with Crippen LogP contribution in [0.1, 0.15) is 37.6 Å². The number of halogens is 2. The van der Waals surface area contributed by atoms with Crippen molar-refractivity contribution in [3.63, 3.8) is 0 Å². The number of rotatable bonds is 7. The fourth-order valence-corrected chi connectivity index (χ4v) is 4.93. The van der Waals surface area contributed by atoms with Crippen molar-refractivity contribution < 1.29 is 19.1 Å². The minimum absolute atomic E-state index is 0.0777. The lowest BCUT2D eigenvalue weighted by molar-refractivity contribution is -0.0980. The van der Waals surface area contributed by atoms with Gasteiger partial charge in [-0.25, -0.2) is 4.98 Å². The van der Waals surface area contributed by atoms with Crippen LogP contribution in [-0.4, -0.2) is 63.6 Å². The molecule has 0 bridgehead atoms.